The van der Waals surface area contributed by atoms with Crippen LogP contribution in [-0.4, -0.2) is 31.7 Å². The van der Waals surface area contributed by atoms with Crippen LogP contribution in [0.2, 0.25) is 0 Å². The molecular weight excluding hydrogens is 342 g/mol. The molecule has 7 heteroatoms. The van der Waals surface area contributed by atoms with Crippen molar-refractivity contribution in [2.45, 2.75) is 22.3 Å². The summed E-state index contributed by atoms with van der Waals surface area (Å²) in [6.07, 6.45) is -0.394. The number of benzene rings is 2. The van der Waals surface area contributed by atoms with E-state index in [4.69, 9.17) is 19.3 Å². The van der Waals surface area contributed by atoms with Gasteiger partial charge in [-0.15, -0.1) is 0 Å². The summed E-state index contributed by atoms with van der Waals surface area (Å²) in [4.78, 5) is 13.0. The molecule has 0 aliphatic carbocycles. The van der Waals surface area contributed by atoms with Gasteiger partial charge in [0.25, 0.3) is 0 Å². The molecular formula is C18H19NO5S. The number of fused-ring (bicyclic) bond motifs is 1. The summed E-state index contributed by atoms with van der Waals surface area (Å²) in [5, 5.41) is 11.5. The molecule has 1 atom stereocenters. The topological polar surface area (TPSA) is 77.0 Å². The Hall–Kier alpha value is -2.38. The van der Waals surface area contributed by atoms with Gasteiger partial charge in [-0.05, 0) is 30.3 Å². The maximum Gasteiger partial charge on any atom is 0.405 e. The minimum absolute atomic E-state index is 0.207. The van der Waals surface area contributed by atoms with Gasteiger partial charge in [0, 0.05) is 28.9 Å². The number of ether oxygens (including phenoxy) is 3. The molecule has 1 unspecified atom stereocenters. The lowest BCUT2D eigenvalue weighted by Gasteiger charge is -2.26. The number of nitrogens with one attached hydrogen (secondary N) is 1. The first-order valence-electron chi connectivity index (χ1n) is 7.81. The highest BCUT2D eigenvalue weighted by Gasteiger charge is 2.23. The Morgan fingerprint density at radius 2 is 2.16 bits per heavy atom. The van der Waals surface area contributed by atoms with Crippen LogP contribution in [-0.2, 0) is 4.74 Å². The maximum absolute atomic E-state index is 10.9. The third-order valence-corrected chi connectivity index (χ3v) is 4.69. The summed E-state index contributed by atoms with van der Waals surface area (Å²) >= 11 is 1.59. The fourth-order valence-corrected chi connectivity index (χ4v) is 3.52. The minimum atomic E-state index is -1.02. The molecule has 0 spiro atoms. The molecule has 0 aromatic heterocycles. The average molecular weight is 361 g/mol. The second-order valence-electron chi connectivity index (χ2n) is 5.47. The van der Waals surface area contributed by atoms with E-state index in [1.54, 1.807) is 18.9 Å². The van der Waals surface area contributed by atoms with Gasteiger partial charge in [0.1, 0.15) is 11.5 Å². The van der Waals surface area contributed by atoms with Crippen molar-refractivity contribution in [1.82, 2.24) is 5.32 Å². The van der Waals surface area contributed by atoms with E-state index in [0.717, 1.165) is 26.9 Å². The molecule has 2 aromatic rings. The Morgan fingerprint density at radius 3 is 2.96 bits per heavy atom. The van der Waals surface area contributed by atoms with E-state index in [0.29, 0.717) is 13.0 Å². The van der Waals surface area contributed by atoms with Gasteiger partial charge in [0.15, 0.2) is 6.79 Å². The van der Waals surface area contributed by atoms with Crippen molar-refractivity contribution in [2.75, 3.05) is 20.5 Å². The molecule has 1 heterocycles. The van der Waals surface area contributed by atoms with Crippen LogP contribution >= 0.6 is 11.8 Å². The van der Waals surface area contributed by atoms with Crippen molar-refractivity contribution < 1.29 is 24.1 Å². The summed E-state index contributed by atoms with van der Waals surface area (Å²) in [6, 6.07) is 13.3. The zero-order valence-electron chi connectivity index (χ0n) is 13.7. The molecule has 0 radical (unpaired) electrons. The summed E-state index contributed by atoms with van der Waals surface area (Å²) < 4.78 is 16.1. The molecule has 2 aromatic carbocycles. The predicted molar refractivity (Wildman–Crippen MR) is 93.5 cm³/mol. The van der Waals surface area contributed by atoms with Crippen LogP contribution < -0.4 is 14.8 Å². The zero-order chi connectivity index (χ0) is 17.6. The van der Waals surface area contributed by atoms with Gasteiger partial charge in [-0.3, -0.25) is 0 Å². The van der Waals surface area contributed by atoms with Crippen molar-refractivity contribution in [3.8, 4) is 11.5 Å². The lowest BCUT2D eigenvalue weighted by atomic mass is 10.0. The minimum Gasteiger partial charge on any atom is -0.493 e. The van der Waals surface area contributed by atoms with E-state index < -0.39 is 6.09 Å². The molecule has 0 saturated carbocycles. The SMILES string of the molecule is COCOc1cccc(Sc2ccc3c(c2)OCCC3NC(=O)O)c1. The largest absolute Gasteiger partial charge is 0.493 e. The molecule has 6 nitrogen and oxygen atoms in total. The van der Waals surface area contributed by atoms with Crippen LogP contribution in [0.4, 0.5) is 4.79 Å². The Morgan fingerprint density at radius 1 is 1.32 bits per heavy atom. The van der Waals surface area contributed by atoms with Crippen molar-refractivity contribution in [2.24, 2.45) is 0 Å². The van der Waals surface area contributed by atoms with Gasteiger partial charge in [-0.25, -0.2) is 4.79 Å². The molecule has 0 fully saturated rings. The average Bonchev–Trinajstić information content (AvgIpc) is 2.60. The summed E-state index contributed by atoms with van der Waals surface area (Å²) in [5.41, 5.74) is 0.871. The second kappa shape index (κ2) is 8.13. The van der Waals surface area contributed by atoms with E-state index in [1.807, 2.05) is 42.5 Å². The fraction of sp³-hybridized carbons (Fsp3) is 0.278. The van der Waals surface area contributed by atoms with Crippen LogP contribution in [0.1, 0.15) is 18.0 Å². The van der Waals surface area contributed by atoms with Crippen LogP contribution in [0.15, 0.2) is 52.3 Å². The van der Waals surface area contributed by atoms with Gasteiger partial charge >= 0.3 is 6.09 Å². The van der Waals surface area contributed by atoms with Crippen molar-refractivity contribution in [3.05, 3.63) is 48.0 Å². The summed E-state index contributed by atoms with van der Waals surface area (Å²) in [5.74, 6) is 1.47. The molecule has 2 N–H and O–H groups in total. The monoisotopic (exact) mass is 361 g/mol. The Bertz CT molecular complexity index is 752. The van der Waals surface area contributed by atoms with Crippen LogP contribution in [0, 0.1) is 0 Å². The van der Waals surface area contributed by atoms with Crippen molar-refractivity contribution in [1.29, 1.82) is 0 Å². The Balaban J connectivity index is 1.75. The highest BCUT2D eigenvalue weighted by Crippen LogP contribution is 2.38. The molecule has 132 valence electrons. The van der Waals surface area contributed by atoms with E-state index in [2.05, 4.69) is 5.32 Å². The van der Waals surface area contributed by atoms with Crippen LogP contribution in [0.5, 0.6) is 11.5 Å². The number of hydrogen-bond donors (Lipinski definition) is 2. The van der Waals surface area contributed by atoms with Crippen molar-refractivity contribution in [3.63, 3.8) is 0 Å². The number of carboxylic acid groups (broad SMARTS) is 1. The number of amides is 1. The smallest absolute Gasteiger partial charge is 0.405 e. The van der Waals surface area contributed by atoms with E-state index in [9.17, 15) is 4.79 Å². The van der Waals surface area contributed by atoms with Gasteiger partial charge in [0.2, 0.25) is 0 Å². The first-order valence-corrected chi connectivity index (χ1v) is 8.63. The summed E-state index contributed by atoms with van der Waals surface area (Å²) in [6.45, 7) is 0.700. The van der Waals surface area contributed by atoms with Gasteiger partial charge < -0.3 is 24.6 Å². The second-order valence-corrected chi connectivity index (χ2v) is 6.61. The third-order valence-electron chi connectivity index (χ3n) is 3.71. The molecule has 0 saturated heterocycles. The standard InChI is InChI=1S/C18H19NO5S/c1-22-11-24-12-3-2-4-13(9-12)25-14-5-6-15-16(19-18(20)21)7-8-23-17(15)10-14/h2-6,9-10,16,19H,7-8,11H2,1H3,(H,20,21). The normalized spacial score (nSPS) is 15.8. The Labute approximate surface area is 150 Å². The lowest BCUT2D eigenvalue weighted by Crippen LogP contribution is -2.30. The predicted octanol–water partition coefficient (Wildman–Crippen LogP) is 3.91. The highest BCUT2D eigenvalue weighted by molar-refractivity contribution is 7.99. The van der Waals surface area contributed by atoms with Crippen LogP contribution in [0.25, 0.3) is 0 Å². The van der Waals surface area contributed by atoms with E-state index in [1.165, 1.54) is 0 Å². The van der Waals surface area contributed by atoms with Crippen molar-refractivity contribution >= 4 is 17.9 Å². The highest BCUT2D eigenvalue weighted by atomic mass is 32.2. The lowest BCUT2D eigenvalue weighted by molar-refractivity contribution is 0.0510. The quantitative estimate of drug-likeness (QED) is 0.760. The fourth-order valence-electron chi connectivity index (χ4n) is 2.62. The third kappa shape index (κ3) is 4.58. The van der Waals surface area contributed by atoms with Crippen LogP contribution in [0.3, 0.4) is 0 Å². The molecule has 3 rings (SSSR count). The molecule has 25 heavy (non-hydrogen) atoms. The molecule has 1 aliphatic heterocycles. The zero-order valence-corrected chi connectivity index (χ0v) is 14.5. The first-order chi connectivity index (χ1) is 12.2. The van der Waals surface area contributed by atoms with E-state index >= 15 is 0 Å². The van der Waals surface area contributed by atoms with Gasteiger partial charge in [-0.2, -0.15) is 0 Å². The molecule has 1 aliphatic rings. The number of carbonyl (C=O) groups is 1. The molecule has 0 bridgehead atoms. The molecule has 1 amide bonds. The van der Waals surface area contributed by atoms with Gasteiger partial charge in [-0.1, -0.05) is 23.9 Å². The number of hydrogen-bond acceptors (Lipinski definition) is 5. The maximum atomic E-state index is 10.9. The number of rotatable bonds is 6. The first kappa shape index (κ1) is 17.4. The summed E-state index contributed by atoms with van der Waals surface area (Å²) in [7, 11) is 1.58. The van der Waals surface area contributed by atoms with E-state index in [-0.39, 0.29) is 12.8 Å². The number of methoxy groups -OCH3 is 1. The van der Waals surface area contributed by atoms with Gasteiger partial charge in [0.05, 0.1) is 12.6 Å². The Kier molecular flexibility index (Phi) is 5.67.